The van der Waals surface area contributed by atoms with Crippen LogP contribution in [-0.4, -0.2) is 11.8 Å². The molecule has 30 heavy (non-hydrogen) atoms. The van der Waals surface area contributed by atoms with E-state index in [4.69, 9.17) is 0 Å². The van der Waals surface area contributed by atoms with Gasteiger partial charge in [-0.1, -0.05) is 36.4 Å². The Kier molecular flexibility index (Phi) is 6.37. The molecule has 6 heteroatoms. The molecule has 0 aromatic heterocycles. The van der Waals surface area contributed by atoms with Gasteiger partial charge in [-0.2, -0.15) is 0 Å². The minimum atomic E-state index is -0.875. The molecule has 3 aromatic rings. The quantitative estimate of drug-likeness (QED) is 0.346. The molecule has 0 aliphatic carbocycles. The van der Waals surface area contributed by atoms with E-state index in [-0.39, 0.29) is 11.1 Å². The largest absolute Gasteiger partial charge is 0.322 e. The molecule has 0 saturated heterocycles. The average Bonchev–Trinajstić information content (AvgIpc) is 2.70. The van der Waals surface area contributed by atoms with E-state index in [0.717, 1.165) is 23.3 Å². The Morgan fingerprint density at radius 3 is 1.73 bits per heavy atom. The molecule has 3 aromatic carbocycles. The number of halogens is 2. The molecule has 0 radical (unpaired) electrons. The van der Waals surface area contributed by atoms with Crippen molar-refractivity contribution in [3.05, 3.63) is 101 Å². The van der Waals surface area contributed by atoms with Gasteiger partial charge in [-0.15, -0.1) is 0 Å². The highest BCUT2D eigenvalue weighted by Gasteiger charge is 2.21. The Labute approximate surface area is 173 Å². The zero-order chi connectivity index (χ0) is 21.7. The third-order valence-electron chi connectivity index (χ3n) is 4.54. The number of anilines is 2. The molecule has 2 N–H and O–H groups in total. The predicted octanol–water partition coefficient (Wildman–Crippen LogP) is 5.24. The second kappa shape index (κ2) is 9.13. The predicted molar refractivity (Wildman–Crippen MR) is 114 cm³/mol. The summed E-state index contributed by atoms with van der Waals surface area (Å²) in [5, 5.41) is 5.36. The van der Waals surface area contributed by atoms with Gasteiger partial charge in [0.05, 0.1) is 0 Å². The Balaban J connectivity index is 1.98. The van der Waals surface area contributed by atoms with Crippen LogP contribution in [0.2, 0.25) is 0 Å². The van der Waals surface area contributed by atoms with Crippen molar-refractivity contribution in [1.29, 1.82) is 0 Å². The lowest BCUT2D eigenvalue weighted by Crippen LogP contribution is -2.26. The fourth-order valence-corrected chi connectivity index (χ4v) is 2.81. The zero-order valence-electron chi connectivity index (χ0n) is 16.5. The Bertz CT molecular complexity index is 1080. The van der Waals surface area contributed by atoms with Crippen LogP contribution in [0.1, 0.15) is 16.7 Å². The normalized spacial score (nSPS) is 10.3. The van der Waals surface area contributed by atoms with Crippen molar-refractivity contribution in [1.82, 2.24) is 0 Å². The lowest BCUT2D eigenvalue weighted by Gasteiger charge is -2.13. The summed E-state index contributed by atoms with van der Waals surface area (Å²) < 4.78 is 27.4. The third-order valence-corrected chi connectivity index (χ3v) is 4.54. The van der Waals surface area contributed by atoms with E-state index in [9.17, 15) is 18.4 Å². The second-order valence-corrected chi connectivity index (χ2v) is 6.76. The van der Waals surface area contributed by atoms with Crippen LogP contribution in [0.15, 0.2) is 72.3 Å². The minimum Gasteiger partial charge on any atom is -0.322 e. The van der Waals surface area contributed by atoms with Gasteiger partial charge in [-0.05, 0) is 55.3 Å². The van der Waals surface area contributed by atoms with E-state index in [1.54, 1.807) is 24.3 Å². The topological polar surface area (TPSA) is 58.2 Å². The highest BCUT2D eigenvalue weighted by molar-refractivity contribution is 6.29. The Morgan fingerprint density at radius 1 is 0.767 bits per heavy atom. The van der Waals surface area contributed by atoms with Crippen LogP contribution < -0.4 is 10.6 Å². The molecule has 3 rings (SSSR count). The van der Waals surface area contributed by atoms with E-state index < -0.39 is 23.4 Å². The van der Waals surface area contributed by atoms with Crippen molar-refractivity contribution in [3.63, 3.8) is 0 Å². The number of carbonyl (C=O) groups excluding carboxylic acids is 2. The summed E-state index contributed by atoms with van der Waals surface area (Å²) in [6, 6.07) is 17.1. The van der Waals surface area contributed by atoms with Crippen molar-refractivity contribution in [3.8, 4) is 0 Å². The van der Waals surface area contributed by atoms with Crippen molar-refractivity contribution in [2.24, 2.45) is 0 Å². The number of benzene rings is 3. The van der Waals surface area contributed by atoms with E-state index in [1.807, 2.05) is 38.1 Å². The highest BCUT2D eigenvalue weighted by Crippen LogP contribution is 2.20. The molecule has 0 aliphatic heterocycles. The molecule has 0 spiro atoms. The fourth-order valence-electron chi connectivity index (χ4n) is 2.81. The minimum absolute atomic E-state index is 0.0775. The van der Waals surface area contributed by atoms with Crippen LogP contribution in [0.4, 0.5) is 20.2 Å². The monoisotopic (exact) mass is 406 g/mol. The van der Waals surface area contributed by atoms with Crippen LogP contribution in [0.5, 0.6) is 0 Å². The summed E-state index contributed by atoms with van der Waals surface area (Å²) in [6.45, 7) is 3.62. The van der Waals surface area contributed by atoms with E-state index >= 15 is 0 Å². The number of nitrogens with one attached hydrogen (secondary N) is 2. The number of para-hydroxylation sites is 2. The lowest BCUT2D eigenvalue weighted by atomic mass is 10.1. The maximum absolute atomic E-state index is 14.2. The molecule has 2 amide bonds. The maximum atomic E-state index is 14.2. The van der Waals surface area contributed by atoms with E-state index in [0.29, 0.717) is 17.4 Å². The smallest absolute Gasteiger partial charge is 0.261 e. The maximum Gasteiger partial charge on any atom is 0.261 e. The zero-order valence-corrected chi connectivity index (χ0v) is 16.5. The van der Waals surface area contributed by atoms with Crippen LogP contribution in [0.25, 0.3) is 6.08 Å². The molecule has 0 fully saturated rings. The first-order chi connectivity index (χ1) is 14.3. The van der Waals surface area contributed by atoms with Crippen molar-refractivity contribution < 1.29 is 18.4 Å². The SMILES string of the molecule is Cc1ccccc1NC(=O)C(=Cc1ccc(F)cc1F)C(=O)Nc1ccccc1C. The summed E-state index contributed by atoms with van der Waals surface area (Å²) in [4.78, 5) is 25.9. The Hall–Kier alpha value is -3.80. The van der Waals surface area contributed by atoms with Crippen molar-refractivity contribution in [2.75, 3.05) is 10.6 Å². The first kappa shape index (κ1) is 20.9. The molecular weight excluding hydrogens is 386 g/mol. The molecular formula is C24H20F2N2O2. The van der Waals surface area contributed by atoms with Crippen LogP contribution >= 0.6 is 0 Å². The number of hydrogen-bond donors (Lipinski definition) is 2. The molecule has 0 unspecified atom stereocenters. The van der Waals surface area contributed by atoms with Crippen LogP contribution in [-0.2, 0) is 9.59 Å². The van der Waals surface area contributed by atoms with Gasteiger partial charge in [0.25, 0.3) is 11.8 Å². The van der Waals surface area contributed by atoms with Gasteiger partial charge in [0.2, 0.25) is 0 Å². The van der Waals surface area contributed by atoms with E-state index in [2.05, 4.69) is 10.6 Å². The van der Waals surface area contributed by atoms with Gasteiger partial charge >= 0.3 is 0 Å². The molecule has 0 aliphatic rings. The lowest BCUT2D eigenvalue weighted by molar-refractivity contribution is -0.118. The first-order valence-electron chi connectivity index (χ1n) is 9.26. The van der Waals surface area contributed by atoms with Crippen molar-refractivity contribution in [2.45, 2.75) is 13.8 Å². The van der Waals surface area contributed by atoms with Crippen LogP contribution in [0.3, 0.4) is 0 Å². The summed E-state index contributed by atoms with van der Waals surface area (Å²) in [6.07, 6.45) is 1.11. The summed E-state index contributed by atoms with van der Waals surface area (Å²) in [5.41, 5.74) is 2.27. The number of aryl methyl sites for hydroxylation is 2. The second-order valence-electron chi connectivity index (χ2n) is 6.76. The summed E-state index contributed by atoms with van der Waals surface area (Å²) >= 11 is 0. The molecule has 0 heterocycles. The van der Waals surface area contributed by atoms with Crippen molar-refractivity contribution >= 4 is 29.3 Å². The molecule has 4 nitrogen and oxygen atoms in total. The van der Waals surface area contributed by atoms with Gasteiger partial charge in [0, 0.05) is 23.0 Å². The van der Waals surface area contributed by atoms with Gasteiger partial charge in [-0.25, -0.2) is 8.78 Å². The number of carbonyl (C=O) groups is 2. The average molecular weight is 406 g/mol. The number of hydrogen-bond acceptors (Lipinski definition) is 2. The molecule has 0 atom stereocenters. The van der Waals surface area contributed by atoms with Gasteiger partial charge < -0.3 is 10.6 Å². The summed E-state index contributed by atoms with van der Waals surface area (Å²) in [5.74, 6) is -3.04. The highest BCUT2D eigenvalue weighted by atomic mass is 19.1. The molecule has 0 bridgehead atoms. The third kappa shape index (κ3) is 4.97. The van der Waals surface area contributed by atoms with Gasteiger partial charge in [0.15, 0.2) is 0 Å². The molecule has 152 valence electrons. The first-order valence-corrected chi connectivity index (χ1v) is 9.26. The fraction of sp³-hybridized carbons (Fsp3) is 0.0833. The standard InChI is InChI=1S/C24H20F2N2O2/c1-15-7-3-5-9-21(15)27-23(29)19(13-17-11-12-18(25)14-20(17)26)24(30)28-22-10-6-4-8-16(22)2/h3-14H,1-2H3,(H,27,29)(H,28,30). The summed E-state index contributed by atoms with van der Waals surface area (Å²) in [7, 11) is 0. The number of rotatable bonds is 5. The Morgan fingerprint density at radius 2 is 1.27 bits per heavy atom. The molecule has 0 saturated carbocycles. The number of amides is 2. The van der Waals surface area contributed by atoms with E-state index in [1.165, 1.54) is 6.07 Å². The van der Waals surface area contributed by atoms with Crippen LogP contribution in [0, 0.1) is 25.5 Å². The van der Waals surface area contributed by atoms with Gasteiger partial charge in [-0.3, -0.25) is 9.59 Å². The van der Waals surface area contributed by atoms with Gasteiger partial charge in [0.1, 0.15) is 17.2 Å².